The first-order chi connectivity index (χ1) is 7.40. The molecule has 0 aromatic carbocycles. The molecule has 0 spiro atoms. The molecule has 0 aliphatic rings. The number of rotatable bonds is 4. The smallest absolute Gasteiger partial charge is 0.226 e. The third kappa shape index (κ3) is 3.41. The zero-order chi connectivity index (χ0) is 12.3. The number of nitrogens with zero attached hydrogens (tertiary/aromatic N) is 1. The van der Waals surface area contributed by atoms with E-state index in [1.165, 1.54) is 18.3 Å². The fraction of sp³-hybridized carbons (Fsp3) is 0.545. The third-order valence-electron chi connectivity index (χ3n) is 1.96. The molecule has 1 aromatic rings. The van der Waals surface area contributed by atoms with Gasteiger partial charge in [0.25, 0.3) is 0 Å². The molecule has 1 N–H and O–H groups in total. The van der Waals surface area contributed by atoms with Crippen molar-refractivity contribution in [2.24, 2.45) is 5.92 Å². The van der Waals surface area contributed by atoms with Crippen molar-refractivity contribution < 1.29 is 9.59 Å². The topological polar surface area (TPSA) is 59.1 Å². The van der Waals surface area contributed by atoms with Crippen molar-refractivity contribution >= 4 is 28.2 Å². The van der Waals surface area contributed by atoms with Gasteiger partial charge in [0.1, 0.15) is 0 Å². The van der Waals surface area contributed by atoms with Crippen molar-refractivity contribution in [1.82, 2.24) is 4.98 Å². The molecule has 0 saturated heterocycles. The number of Topliss-reactive ketones (excluding diaryl/α,β-unsaturated/α-hetero) is 1. The number of hydrogen-bond acceptors (Lipinski definition) is 4. The highest BCUT2D eigenvalue weighted by Gasteiger charge is 2.13. The lowest BCUT2D eigenvalue weighted by molar-refractivity contribution is -0.116. The zero-order valence-corrected chi connectivity index (χ0v) is 10.8. The summed E-state index contributed by atoms with van der Waals surface area (Å²) in [6, 6.07) is 0. The summed E-state index contributed by atoms with van der Waals surface area (Å²) in [5.41, 5.74) is 0.678. The normalized spacial score (nSPS) is 10.6. The van der Waals surface area contributed by atoms with Crippen LogP contribution in [0.5, 0.6) is 0 Å². The Morgan fingerprint density at radius 2 is 2.06 bits per heavy atom. The molecule has 1 heterocycles. The minimum absolute atomic E-state index is 0.0145. The Hall–Kier alpha value is -1.23. The molecule has 4 nitrogen and oxygen atoms in total. The summed E-state index contributed by atoms with van der Waals surface area (Å²) in [7, 11) is 0. The van der Waals surface area contributed by atoms with Crippen LogP contribution < -0.4 is 5.32 Å². The highest BCUT2D eigenvalue weighted by Crippen LogP contribution is 2.23. The highest BCUT2D eigenvalue weighted by atomic mass is 32.1. The number of nitrogens with one attached hydrogen (secondary N) is 1. The van der Waals surface area contributed by atoms with Gasteiger partial charge in [-0.15, -0.1) is 0 Å². The number of carbonyl (C=O) groups is 2. The Morgan fingerprint density at radius 1 is 1.44 bits per heavy atom. The molecule has 0 aliphatic heterocycles. The van der Waals surface area contributed by atoms with Crippen LogP contribution >= 0.6 is 11.3 Å². The van der Waals surface area contributed by atoms with Gasteiger partial charge in [-0.3, -0.25) is 9.59 Å². The molecule has 1 amide bonds. The molecule has 0 atom stereocenters. The van der Waals surface area contributed by atoms with Gasteiger partial charge in [-0.2, -0.15) is 0 Å². The lowest BCUT2D eigenvalue weighted by Crippen LogP contribution is -2.13. The first kappa shape index (κ1) is 12.8. The van der Waals surface area contributed by atoms with Gasteiger partial charge in [0.2, 0.25) is 5.91 Å². The summed E-state index contributed by atoms with van der Waals surface area (Å²) >= 11 is 1.23. The summed E-state index contributed by atoms with van der Waals surface area (Å²) in [6.45, 7) is 7.23. The summed E-state index contributed by atoms with van der Waals surface area (Å²) in [6.07, 6.45) is 0.466. The van der Waals surface area contributed by atoms with Crippen LogP contribution in [0.2, 0.25) is 0 Å². The van der Waals surface area contributed by atoms with Crippen LogP contribution in [0.4, 0.5) is 5.13 Å². The largest absolute Gasteiger partial charge is 0.302 e. The lowest BCUT2D eigenvalue weighted by atomic mass is 10.1. The maximum Gasteiger partial charge on any atom is 0.226 e. The average Bonchev–Trinajstić information content (AvgIpc) is 2.44. The minimum atomic E-state index is -0.0566. The van der Waals surface area contributed by atoms with Gasteiger partial charge in [-0.25, -0.2) is 4.98 Å². The fourth-order valence-electron chi connectivity index (χ4n) is 1.32. The molecule has 0 bridgehead atoms. The molecule has 88 valence electrons. The molecule has 1 rings (SSSR count). The van der Waals surface area contributed by atoms with Crippen LogP contribution in [0, 0.1) is 12.8 Å². The standard InChI is InChI=1S/C11H16N2O2S/c1-6(2)5-9(15)13-11-12-7(3)10(16-11)8(4)14/h6H,5H2,1-4H3,(H,12,13,15). The van der Waals surface area contributed by atoms with Crippen molar-refractivity contribution in [3.05, 3.63) is 10.6 Å². The van der Waals surface area contributed by atoms with E-state index in [0.717, 1.165) is 0 Å². The number of carbonyl (C=O) groups excluding carboxylic acids is 2. The molecule has 5 heteroatoms. The van der Waals surface area contributed by atoms with Crippen LogP contribution in [0.3, 0.4) is 0 Å². The van der Waals surface area contributed by atoms with Gasteiger partial charge in [0.05, 0.1) is 10.6 Å². The molecule has 16 heavy (non-hydrogen) atoms. The highest BCUT2D eigenvalue weighted by molar-refractivity contribution is 7.17. The van der Waals surface area contributed by atoms with Crippen molar-refractivity contribution in [2.75, 3.05) is 5.32 Å². The molecule has 0 unspecified atom stereocenters. The number of aryl methyl sites for hydroxylation is 1. The predicted octanol–water partition coefficient (Wildman–Crippen LogP) is 2.64. The van der Waals surface area contributed by atoms with Gasteiger partial charge >= 0.3 is 0 Å². The van der Waals surface area contributed by atoms with Crippen molar-refractivity contribution in [3.63, 3.8) is 0 Å². The Labute approximate surface area is 99.1 Å². The van der Waals surface area contributed by atoms with Crippen LogP contribution in [0.1, 0.15) is 42.6 Å². The lowest BCUT2D eigenvalue weighted by Gasteiger charge is -2.03. The number of ketones is 1. The minimum Gasteiger partial charge on any atom is -0.302 e. The first-order valence-corrected chi connectivity index (χ1v) is 6.00. The molecule has 0 fully saturated rings. The van der Waals surface area contributed by atoms with E-state index in [9.17, 15) is 9.59 Å². The van der Waals surface area contributed by atoms with Crippen molar-refractivity contribution in [3.8, 4) is 0 Å². The van der Waals surface area contributed by atoms with E-state index in [2.05, 4.69) is 10.3 Å². The molecular formula is C11H16N2O2S. The Balaban J connectivity index is 2.72. The van der Waals surface area contributed by atoms with Crippen LogP contribution in [0.25, 0.3) is 0 Å². The second-order valence-electron chi connectivity index (χ2n) is 4.14. The summed E-state index contributed by atoms with van der Waals surface area (Å²) in [5, 5.41) is 3.21. The predicted molar refractivity (Wildman–Crippen MR) is 64.9 cm³/mol. The van der Waals surface area contributed by atoms with Gasteiger partial charge in [0, 0.05) is 13.3 Å². The SMILES string of the molecule is CC(=O)c1sc(NC(=O)CC(C)C)nc1C. The number of hydrogen-bond donors (Lipinski definition) is 1. The number of anilines is 1. The number of thiazole rings is 1. The van der Waals surface area contributed by atoms with Gasteiger partial charge in [-0.1, -0.05) is 25.2 Å². The van der Waals surface area contributed by atoms with E-state index >= 15 is 0 Å². The average molecular weight is 240 g/mol. The summed E-state index contributed by atoms with van der Waals surface area (Å²) in [5.74, 6) is 0.242. The zero-order valence-electron chi connectivity index (χ0n) is 9.96. The second kappa shape index (κ2) is 5.21. The maximum absolute atomic E-state index is 11.5. The Morgan fingerprint density at radius 3 is 2.50 bits per heavy atom. The number of amides is 1. The molecule has 0 saturated carbocycles. The Bertz CT molecular complexity index is 410. The van der Waals surface area contributed by atoms with Gasteiger partial charge in [0.15, 0.2) is 10.9 Å². The van der Waals surface area contributed by atoms with Crippen LogP contribution in [-0.4, -0.2) is 16.7 Å². The van der Waals surface area contributed by atoms with E-state index in [1.54, 1.807) is 6.92 Å². The molecular weight excluding hydrogens is 224 g/mol. The maximum atomic E-state index is 11.5. The fourth-order valence-corrected chi connectivity index (χ4v) is 2.20. The van der Waals surface area contributed by atoms with Crippen molar-refractivity contribution in [1.29, 1.82) is 0 Å². The molecule has 0 aliphatic carbocycles. The second-order valence-corrected chi connectivity index (χ2v) is 5.13. The molecule has 0 radical (unpaired) electrons. The third-order valence-corrected chi connectivity index (χ3v) is 3.13. The van der Waals surface area contributed by atoms with E-state index in [0.29, 0.717) is 28.0 Å². The van der Waals surface area contributed by atoms with Gasteiger partial charge < -0.3 is 5.32 Å². The van der Waals surface area contributed by atoms with E-state index < -0.39 is 0 Å². The molecule has 1 aromatic heterocycles. The van der Waals surface area contributed by atoms with E-state index in [-0.39, 0.29) is 11.7 Å². The first-order valence-electron chi connectivity index (χ1n) is 5.18. The van der Waals surface area contributed by atoms with Crippen LogP contribution in [-0.2, 0) is 4.79 Å². The van der Waals surface area contributed by atoms with Gasteiger partial charge in [-0.05, 0) is 12.8 Å². The number of aromatic nitrogens is 1. The van der Waals surface area contributed by atoms with E-state index in [4.69, 9.17) is 0 Å². The summed E-state index contributed by atoms with van der Waals surface area (Å²) in [4.78, 5) is 27.4. The van der Waals surface area contributed by atoms with E-state index in [1.807, 2.05) is 13.8 Å². The van der Waals surface area contributed by atoms with Crippen molar-refractivity contribution in [2.45, 2.75) is 34.1 Å². The monoisotopic (exact) mass is 240 g/mol. The quantitative estimate of drug-likeness (QED) is 0.823. The summed E-state index contributed by atoms with van der Waals surface area (Å²) < 4.78 is 0. The Kier molecular flexibility index (Phi) is 4.18. The van der Waals surface area contributed by atoms with Crippen LogP contribution in [0.15, 0.2) is 0 Å².